The van der Waals surface area contributed by atoms with Gasteiger partial charge in [0.1, 0.15) is 5.69 Å². The van der Waals surface area contributed by atoms with E-state index in [1.54, 1.807) is 6.20 Å². The third-order valence-corrected chi connectivity index (χ3v) is 6.23. The van der Waals surface area contributed by atoms with Gasteiger partial charge in [0.25, 0.3) is 11.8 Å². The van der Waals surface area contributed by atoms with E-state index in [1.807, 2.05) is 36.1 Å². The second-order valence-corrected chi connectivity index (χ2v) is 7.86. The number of thiophene rings is 1. The molecule has 0 saturated carbocycles. The van der Waals surface area contributed by atoms with Crippen LogP contribution >= 0.6 is 11.3 Å². The van der Waals surface area contributed by atoms with Crippen molar-refractivity contribution in [1.29, 1.82) is 0 Å². The molecule has 7 heteroatoms. The minimum Gasteiger partial charge on any atom is -0.365 e. The topological polar surface area (TPSA) is 89.2 Å². The fourth-order valence-electron chi connectivity index (χ4n) is 3.70. The van der Waals surface area contributed by atoms with Crippen molar-refractivity contribution in [1.82, 2.24) is 14.9 Å². The van der Waals surface area contributed by atoms with Crippen molar-refractivity contribution in [3.8, 4) is 0 Å². The summed E-state index contributed by atoms with van der Waals surface area (Å²) in [6, 6.07) is 7.95. The summed E-state index contributed by atoms with van der Waals surface area (Å²) in [5.41, 5.74) is 7.71. The summed E-state index contributed by atoms with van der Waals surface area (Å²) >= 11 is 1.42. The standard InChI is InChI=1S/C20H20N4O2S/c1-12-10-23-16(11-22-12)20(26)24-8-4-5-13(24)9-15-14-6-2-3-7-17(14)27-18(15)19(21)25/h2-3,6-7,10-11,13H,4-5,8-9H2,1H3,(H2,21,25)/t13-/m0/s1. The largest absolute Gasteiger partial charge is 0.365 e. The lowest BCUT2D eigenvalue weighted by molar-refractivity contribution is 0.0730. The second kappa shape index (κ2) is 7.08. The lowest BCUT2D eigenvalue weighted by Gasteiger charge is -2.24. The zero-order valence-corrected chi connectivity index (χ0v) is 15.8. The summed E-state index contributed by atoms with van der Waals surface area (Å²) in [5.74, 6) is -0.517. The molecule has 27 heavy (non-hydrogen) atoms. The van der Waals surface area contributed by atoms with Crippen LogP contribution < -0.4 is 5.73 Å². The maximum absolute atomic E-state index is 12.9. The molecule has 3 aromatic rings. The van der Waals surface area contributed by atoms with Crippen LogP contribution in [0.5, 0.6) is 0 Å². The minimum atomic E-state index is -0.411. The van der Waals surface area contributed by atoms with Crippen LogP contribution in [0.1, 0.15) is 44.3 Å². The highest BCUT2D eigenvalue weighted by Crippen LogP contribution is 2.34. The van der Waals surface area contributed by atoms with Crippen molar-refractivity contribution in [3.63, 3.8) is 0 Å². The maximum Gasteiger partial charge on any atom is 0.274 e. The Morgan fingerprint density at radius 2 is 2.07 bits per heavy atom. The molecule has 1 fully saturated rings. The molecule has 0 aliphatic carbocycles. The van der Waals surface area contributed by atoms with Crippen molar-refractivity contribution in [2.45, 2.75) is 32.2 Å². The Kier molecular flexibility index (Phi) is 4.61. The predicted molar refractivity (Wildman–Crippen MR) is 105 cm³/mol. The number of nitrogens with two attached hydrogens (primary N) is 1. The van der Waals surface area contributed by atoms with Crippen LogP contribution in [0.25, 0.3) is 10.1 Å². The maximum atomic E-state index is 12.9. The van der Waals surface area contributed by atoms with E-state index < -0.39 is 5.91 Å². The highest BCUT2D eigenvalue weighted by atomic mass is 32.1. The molecular formula is C20H20N4O2S. The molecule has 1 saturated heterocycles. The number of carbonyl (C=O) groups is 2. The Morgan fingerprint density at radius 1 is 1.26 bits per heavy atom. The van der Waals surface area contributed by atoms with Gasteiger partial charge in [-0.3, -0.25) is 14.6 Å². The number of primary amides is 1. The zero-order valence-electron chi connectivity index (χ0n) is 15.0. The van der Waals surface area contributed by atoms with Crippen LogP contribution in [0.4, 0.5) is 0 Å². The lowest BCUT2D eigenvalue weighted by Crippen LogP contribution is -2.37. The van der Waals surface area contributed by atoms with E-state index in [4.69, 9.17) is 5.73 Å². The Balaban J connectivity index is 1.65. The summed E-state index contributed by atoms with van der Waals surface area (Å²) in [4.78, 5) is 35.7. The Bertz CT molecular complexity index is 1010. The van der Waals surface area contributed by atoms with Gasteiger partial charge in [-0.15, -0.1) is 11.3 Å². The molecular weight excluding hydrogens is 360 g/mol. The second-order valence-electron chi connectivity index (χ2n) is 6.81. The van der Waals surface area contributed by atoms with E-state index in [1.165, 1.54) is 17.5 Å². The first-order valence-electron chi connectivity index (χ1n) is 8.94. The molecule has 0 radical (unpaired) electrons. The Labute approximate surface area is 161 Å². The van der Waals surface area contributed by atoms with Crippen LogP contribution in [0, 0.1) is 6.92 Å². The summed E-state index contributed by atoms with van der Waals surface area (Å²) in [6.45, 7) is 2.53. The molecule has 1 aliphatic rings. The smallest absolute Gasteiger partial charge is 0.274 e. The average Bonchev–Trinajstić information content (AvgIpc) is 3.27. The van der Waals surface area contributed by atoms with Crippen LogP contribution in [-0.4, -0.2) is 39.3 Å². The first-order valence-corrected chi connectivity index (χ1v) is 9.76. The Hall–Kier alpha value is -2.80. The van der Waals surface area contributed by atoms with Gasteiger partial charge in [0.15, 0.2) is 0 Å². The van der Waals surface area contributed by atoms with Crippen LogP contribution in [0.15, 0.2) is 36.7 Å². The molecule has 2 N–H and O–H groups in total. The predicted octanol–water partition coefficient (Wildman–Crippen LogP) is 2.95. The van der Waals surface area contributed by atoms with Crippen molar-refractivity contribution in [2.24, 2.45) is 5.73 Å². The molecule has 0 spiro atoms. The molecule has 1 aromatic carbocycles. The summed E-state index contributed by atoms with van der Waals surface area (Å²) in [7, 11) is 0. The molecule has 2 amide bonds. The Morgan fingerprint density at radius 3 is 2.81 bits per heavy atom. The number of hydrogen-bond acceptors (Lipinski definition) is 5. The number of hydrogen-bond donors (Lipinski definition) is 1. The molecule has 1 aliphatic heterocycles. The van der Waals surface area contributed by atoms with E-state index in [0.717, 1.165) is 34.2 Å². The van der Waals surface area contributed by atoms with Crippen molar-refractivity contribution >= 4 is 33.2 Å². The zero-order chi connectivity index (χ0) is 19.0. The number of rotatable bonds is 4. The highest BCUT2D eigenvalue weighted by molar-refractivity contribution is 7.21. The van der Waals surface area contributed by atoms with Gasteiger partial charge in [-0.05, 0) is 43.2 Å². The number of amides is 2. The van der Waals surface area contributed by atoms with Crippen LogP contribution in [0.2, 0.25) is 0 Å². The van der Waals surface area contributed by atoms with Gasteiger partial charge in [0, 0.05) is 23.5 Å². The third-order valence-electron chi connectivity index (χ3n) is 5.00. The normalized spacial score (nSPS) is 16.8. The van der Waals surface area contributed by atoms with Gasteiger partial charge < -0.3 is 10.6 Å². The third kappa shape index (κ3) is 3.30. The van der Waals surface area contributed by atoms with E-state index in [9.17, 15) is 9.59 Å². The van der Waals surface area contributed by atoms with Gasteiger partial charge in [-0.2, -0.15) is 0 Å². The number of fused-ring (bicyclic) bond motifs is 1. The van der Waals surface area contributed by atoms with E-state index in [0.29, 0.717) is 23.5 Å². The highest BCUT2D eigenvalue weighted by Gasteiger charge is 2.32. The van der Waals surface area contributed by atoms with Gasteiger partial charge in [0.2, 0.25) is 0 Å². The first kappa shape index (κ1) is 17.6. The average molecular weight is 380 g/mol. The fourth-order valence-corrected chi connectivity index (χ4v) is 4.79. The number of nitrogens with zero attached hydrogens (tertiary/aromatic N) is 3. The molecule has 4 rings (SSSR count). The van der Waals surface area contributed by atoms with Crippen molar-refractivity contribution in [3.05, 3.63) is 58.5 Å². The number of likely N-dealkylation sites (tertiary alicyclic amines) is 1. The molecule has 0 bridgehead atoms. The molecule has 3 heterocycles. The lowest BCUT2D eigenvalue weighted by atomic mass is 10.0. The number of benzene rings is 1. The summed E-state index contributed by atoms with van der Waals surface area (Å²) in [6.07, 6.45) is 5.59. The van der Waals surface area contributed by atoms with Gasteiger partial charge >= 0.3 is 0 Å². The monoisotopic (exact) mass is 380 g/mol. The number of carbonyl (C=O) groups excluding carboxylic acids is 2. The van der Waals surface area contributed by atoms with E-state index in [-0.39, 0.29) is 11.9 Å². The van der Waals surface area contributed by atoms with Crippen molar-refractivity contribution in [2.75, 3.05) is 6.54 Å². The van der Waals surface area contributed by atoms with Crippen molar-refractivity contribution < 1.29 is 9.59 Å². The first-order chi connectivity index (χ1) is 13.0. The minimum absolute atomic E-state index is 0.0247. The molecule has 6 nitrogen and oxygen atoms in total. The molecule has 138 valence electrons. The quantitative estimate of drug-likeness (QED) is 0.754. The molecule has 0 unspecified atom stereocenters. The molecule has 1 atom stereocenters. The fraction of sp³-hybridized carbons (Fsp3) is 0.300. The van der Waals surface area contributed by atoms with E-state index in [2.05, 4.69) is 9.97 Å². The molecule has 2 aromatic heterocycles. The van der Waals surface area contributed by atoms with Gasteiger partial charge in [-0.1, -0.05) is 18.2 Å². The summed E-state index contributed by atoms with van der Waals surface area (Å²) in [5, 5.41) is 1.05. The summed E-state index contributed by atoms with van der Waals surface area (Å²) < 4.78 is 1.04. The number of aryl methyl sites for hydroxylation is 1. The van der Waals surface area contributed by atoms with Crippen LogP contribution in [0.3, 0.4) is 0 Å². The van der Waals surface area contributed by atoms with Gasteiger partial charge in [-0.25, -0.2) is 4.98 Å². The SMILES string of the molecule is Cc1cnc(C(=O)N2CCC[C@H]2Cc2c(C(N)=O)sc3ccccc23)cn1. The van der Waals surface area contributed by atoms with E-state index >= 15 is 0 Å². The number of aromatic nitrogens is 2. The van der Waals surface area contributed by atoms with Gasteiger partial charge in [0.05, 0.1) is 16.8 Å². The van der Waals surface area contributed by atoms with Crippen LogP contribution in [-0.2, 0) is 6.42 Å².